The van der Waals surface area contributed by atoms with Gasteiger partial charge in [0.05, 0.1) is 6.20 Å². The Kier molecular flexibility index (Phi) is 3.77. The van der Waals surface area contributed by atoms with Gasteiger partial charge in [0.15, 0.2) is 11.6 Å². The first kappa shape index (κ1) is 13.5. The molecule has 2 aromatic rings. The van der Waals surface area contributed by atoms with Gasteiger partial charge in [0.2, 0.25) is 5.95 Å². The van der Waals surface area contributed by atoms with Crippen molar-refractivity contribution in [1.82, 2.24) is 15.2 Å². The fourth-order valence-electron chi connectivity index (χ4n) is 2.36. The van der Waals surface area contributed by atoms with E-state index in [4.69, 9.17) is 0 Å². The second-order valence-corrected chi connectivity index (χ2v) is 5.09. The predicted octanol–water partition coefficient (Wildman–Crippen LogP) is 2.42. The summed E-state index contributed by atoms with van der Waals surface area (Å²) in [5, 5.41) is 11.1. The molecule has 0 spiro atoms. The number of carbonyl (C=O) groups is 1. The van der Waals surface area contributed by atoms with E-state index in [1.807, 2.05) is 12.1 Å². The monoisotopic (exact) mass is 283 g/mol. The van der Waals surface area contributed by atoms with Crippen molar-refractivity contribution in [2.75, 3.05) is 23.3 Å². The molecular formula is C15H17N5O. The van der Waals surface area contributed by atoms with Gasteiger partial charge in [-0.2, -0.15) is 10.1 Å². The molecule has 1 aliphatic heterocycles. The Morgan fingerprint density at radius 1 is 1.19 bits per heavy atom. The number of nitrogens with zero attached hydrogens (tertiary/aromatic N) is 4. The first-order valence-electron chi connectivity index (χ1n) is 7.05. The van der Waals surface area contributed by atoms with Crippen molar-refractivity contribution in [3.05, 3.63) is 36.0 Å². The SMILES string of the molecule is CC(=O)c1ccc(Nc2nncc(N3CCCC3)n2)cc1. The van der Waals surface area contributed by atoms with E-state index in [2.05, 4.69) is 25.4 Å². The molecule has 0 atom stereocenters. The molecule has 0 saturated carbocycles. The maximum Gasteiger partial charge on any atom is 0.249 e. The number of aromatic nitrogens is 3. The molecule has 1 saturated heterocycles. The van der Waals surface area contributed by atoms with E-state index >= 15 is 0 Å². The molecule has 2 heterocycles. The smallest absolute Gasteiger partial charge is 0.249 e. The quantitative estimate of drug-likeness (QED) is 0.869. The molecule has 1 aromatic carbocycles. The lowest BCUT2D eigenvalue weighted by Crippen LogP contribution is -2.19. The molecular weight excluding hydrogens is 266 g/mol. The van der Waals surface area contributed by atoms with Crippen molar-refractivity contribution in [3.8, 4) is 0 Å². The van der Waals surface area contributed by atoms with E-state index in [0.29, 0.717) is 11.5 Å². The average molecular weight is 283 g/mol. The molecule has 6 nitrogen and oxygen atoms in total. The molecule has 0 radical (unpaired) electrons. The number of anilines is 3. The van der Waals surface area contributed by atoms with Crippen LogP contribution in [0.5, 0.6) is 0 Å². The summed E-state index contributed by atoms with van der Waals surface area (Å²) in [5.74, 6) is 1.37. The van der Waals surface area contributed by atoms with Crippen LogP contribution in [0.1, 0.15) is 30.1 Å². The number of ketones is 1. The highest BCUT2D eigenvalue weighted by Crippen LogP contribution is 2.19. The van der Waals surface area contributed by atoms with E-state index in [9.17, 15) is 4.79 Å². The zero-order valence-electron chi connectivity index (χ0n) is 11.9. The number of carbonyl (C=O) groups excluding carboxylic acids is 1. The Labute approximate surface area is 123 Å². The molecule has 1 aliphatic rings. The van der Waals surface area contributed by atoms with Crippen LogP contribution in [0, 0.1) is 0 Å². The third-order valence-electron chi connectivity index (χ3n) is 3.52. The fraction of sp³-hybridized carbons (Fsp3) is 0.333. The van der Waals surface area contributed by atoms with Gasteiger partial charge in [0, 0.05) is 24.3 Å². The second-order valence-electron chi connectivity index (χ2n) is 5.09. The summed E-state index contributed by atoms with van der Waals surface area (Å²) in [5.41, 5.74) is 1.52. The van der Waals surface area contributed by atoms with Crippen LogP contribution in [-0.4, -0.2) is 34.1 Å². The minimum atomic E-state index is 0.0514. The van der Waals surface area contributed by atoms with Crippen molar-refractivity contribution in [2.24, 2.45) is 0 Å². The van der Waals surface area contributed by atoms with Crippen LogP contribution in [0.15, 0.2) is 30.5 Å². The molecule has 0 unspecified atom stereocenters. The minimum absolute atomic E-state index is 0.0514. The molecule has 1 aromatic heterocycles. The lowest BCUT2D eigenvalue weighted by molar-refractivity contribution is 0.101. The summed E-state index contributed by atoms with van der Waals surface area (Å²) >= 11 is 0. The van der Waals surface area contributed by atoms with Crippen molar-refractivity contribution < 1.29 is 4.79 Å². The van der Waals surface area contributed by atoms with Gasteiger partial charge >= 0.3 is 0 Å². The maximum atomic E-state index is 11.2. The molecule has 0 aliphatic carbocycles. The summed E-state index contributed by atoms with van der Waals surface area (Å²) < 4.78 is 0. The molecule has 6 heteroatoms. The van der Waals surface area contributed by atoms with Gasteiger partial charge in [0.25, 0.3) is 0 Å². The number of Topliss-reactive ketones (excluding diaryl/α,β-unsaturated/α-hetero) is 1. The van der Waals surface area contributed by atoms with Crippen LogP contribution in [0.4, 0.5) is 17.5 Å². The van der Waals surface area contributed by atoms with Crippen LogP contribution in [0.3, 0.4) is 0 Å². The molecule has 0 amide bonds. The van der Waals surface area contributed by atoms with E-state index in [1.54, 1.807) is 25.3 Å². The van der Waals surface area contributed by atoms with Crippen molar-refractivity contribution >= 4 is 23.2 Å². The molecule has 21 heavy (non-hydrogen) atoms. The van der Waals surface area contributed by atoms with E-state index in [1.165, 1.54) is 12.8 Å². The van der Waals surface area contributed by atoms with Gasteiger partial charge in [0.1, 0.15) is 0 Å². The highest BCUT2D eigenvalue weighted by Gasteiger charge is 2.14. The second kappa shape index (κ2) is 5.87. The normalized spacial score (nSPS) is 14.2. The van der Waals surface area contributed by atoms with Gasteiger partial charge in [-0.05, 0) is 44.0 Å². The summed E-state index contributed by atoms with van der Waals surface area (Å²) in [4.78, 5) is 17.9. The van der Waals surface area contributed by atoms with Crippen LogP contribution >= 0.6 is 0 Å². The molecule has 3 rings (SSSR count). The van der Waals surface area contributed by atoms with E-state index in [0.717, 1.165) is 24.6 Å². The van der Waals surface area contributed by atoms with Gasteiger partial charge in [-0.15, -0.1) is 5.10 Å². The zero-order valence-corrected chi connectivity index (χ0v) is 11.9. The van der Waals surface area contributed by atoms with Gasteiger partial charge in [-0.25, -0.2) is 0 Å². The van der Waals surface area contributed by atoms with Crippen molar-refractivity contribution in [2.45, 2.75) is 19.8 Å². The summed E-state index contributed by atoms with van der Waals surface area (Å²) in [7, 11) is 0. The Morgan fingerprint density at radius 2 is 1.90 bits per heavy atom. The van der Waals surface area contributed by atoms with Crippen molar-refractivity contribution in [3.63, 3.8) is 0 Å². The topological polar surface area (TPSA) is 71.0 Å². The lowest BCUT2D eigenvalue weighted by Gasteiger charge is -2.15. The third-order valence-corrected chi connectivity index (χ3v) is 3.52. The minimum Gasteiger partial charge on any atom is -0.355 e. The standard InChI is InChI=1S/C15H17N5O/c1-11(21)12-4-6-13(7-5-12)17-15-18-14(10-16-19-15)20-8-2-3-9-20/h4-7,10H,2-3,8-9H2,1H3,(H,17,18,19). The molecule has 0 bridgehead atoms. The first-order chi connectivity index (χ1) is 10.2. The van der Waals surface area contributed by atoms with E-state index in [-0.39, 0.29) is 5.78 Å². The maximum absolute atomic E-state index is 11.2. The van der Waals surface area contributed by atoms with Crippen LogP contribution in [0.2, 0.25) is 0 Å². The molecule has 1 N–H and O–H groups in total. The number of hydrogen-bond acceptors (Lipinski definition) is 6. The lowest BCUT2D eigenvalue weighted by atomic mass is 10.1. The summed E-state index contributed by atoms with van der Waals surface area (Å²) in [6.45, 7) is 3.59. The van der Waals surface area contributed by atoms with Crippen LogP contribution < -0.4 is 10.2 Å². The Bertz CT molecular complexity index is 635. The van der Waals surface area contributed by atoms with Crippen LogP contribution in [0.25, 0.3) is 0 Å². The Hall–Kier alpha value is -2.50. The van der Waals surface area contributed by atoms with Gasteiger partial charge < -0.3 is 10.2 Å². The third kappa shape index (κ3) is 3.16. The number of nitrogens with one attached hydrogen (secondary N) is 1. The number of hydrogen-bond donors (Lipinski definition) is 1. The van der Waals surface area contributed by atoms with Gasteiger partial charge in [-0.3, -0.25) is 4.79 Å². The summed E-state index contributed by atoms with van der Waals surface area (Å²) in [6, 6.07) is 7.23. The van der Waals surface area contributed by atoms with Crippen molar-refractivity contribution in [1.29, 1.82) is 0 Å². The van der Waals surface area contributed by atoms with E-state index < -0.39 is 0 Å². The highest BCUT2D eigenvalue weighted by atomic mass is 16.1. The Balaban J connectivity index is 1.75. The van der Waals surface area contributed by atoms with Gasteiger partial charge in [-0.1, -0.05) is 0 Å². The zero-order chi connectivity index (χ0) is 14.7. The highest BCUT2D eigenvalue weighted by molar-refractivity contribution is 5.94. The molecule has 1 fully saturated rings. The summed E-state index contributed by atoms with van der Waals surface area (Å²) in [6.07, 6.45) is 4.08. The average Bonchev–Trinajstić information content (AvgIpc) is 3.02. The van der Waals surface area contributed by atoms with Crippen LogP contribution in [-0.2, 0) is 0 Å². The largest absolute Gasteiger partial charge is 0.355 e. The predicted molar refractivity (Wildman–Crippen MR) is 81.0 cm³/mol. The fourth-order valence-corrected chi connectivity index (χ4v) is 2.36. The first-order valence-corrected chi connectivity index (χ1v) is 7.05. The molecule has 108 valence electrons. The number of benzene rings is 1. The number of rotatable bonds is 4. The Morgan fingerprint density at radius 3 is 2.57 bits per heavy atom.